The van der Waals surface area contributed by atoms with Crippen molar-refractivity contribution in [1.82, 2.24) is 19.5 Å². The molecule has 7 nitrogen and oxygen atoms in total. The highest BCUT2D eigenvalue weighted by atomic mass is 35.5. The second-order valence-electron chi connectivity index (χ2n) is 6.55. The minimum absolute atomic E-state index is 0.0725. The highest BCUT2D eigenvalue weighted by molar-refractivity contribution is 7.92. The van der Waals surface area contributed by atoms with Gasteiger partial charge >= 0.3 is 0 Å². The molecule has 2 heterocycles. The number of hydrogen-bond donors (Lipinski definition) is 1. The van der Waals surface area contributed by atoms with Crippen molar-refractivity contribution < 1.29 is 8.42 Å². The SMILES string of the molecule is O=S(=O)(Nc1nc2ccccc2nc1-n1cnc2ccccc21)c1ccc(Cl)cc1. The molecule has 0 aliphatic rings. The van der Waals surface area contributed by atoms with Crippen LogP contribution in [0, 0.1) is 0 Å². The number of rotatable bonds is 4. The molecule has 2 aromatic heterocycles. The number of para-hydroxylation sites is 4. The van der Waals surface area contributed by atoms with Gasteiger partial charge in [0, 0.05) is 5.02 Å². The molecule has 148 valence electrons. The van der Waals surface area contributed by atoms with Gasteiger partial charge in [0.25, 0.3) is 10.0 Å². The summed E-state index contributed by atoms with van der Waals surface area (Å²) in [7, 11) is -3.91. The van der Waals surface area contributed by atoms with Crippen molar-refractivity contribution in [2.75, 3.05) is 4.72 Å². The first-order valence-electron chi connectivity index (χ1n) is 8.99. The number of nitrogens with one attached hydrogen (secondary N) is 1. The van der Waals surface area contributed by atoms with Crippen molar-refractivity contribution in [3.63, 3.8) is 0 Å². The van der Waals surface area contributed by atoms with Crippen LogP contribution in [0.4, 0.5) is 5.82 Å². The molecule has 0 atom stereocenters. The summed E-state index contributed by atoms with van der Waals surface area (Å²) in [6, 6.07) is 20.7. The Bertz CT molecular complexity index is 1500. The number of benzene rings is 3. The third-order valence-electron chi connectivity index (χ3n) is 4.59. The number of anilines is 1. The van der Waals surface area contributed by atoms with Gasteiger partial charge in [-0.15, -0.1) is 0 Å². The highest BCUT2D eigenvalue weighted by Crippen LogP contribution is 2.26. The smallest absolute Gasteiger partial charge is 0.263 e. The van der Waals surface area contributed by atoms with Crippen LogP contribution in [0.2, 0.25) is 5.02 Å². The number of sulfonamides is 1. The molecule has 1 N–H and O–H groups in total. The normalized spacial score (nSPS) is 11.8. The summed E-state index contributed by atoms with van der Waals surface area (Å²) in [6.07, 6.45) is 1.60. The van der Waals surface area contributed by atoms with E-state index < -0.39 is 10.0 Å². The van der Waals surface area contributed by atoms with E-state index in [1.165, 1.54) is 24.3 Å². The van der Waals surface area contributed by atoms with Crippen LogP contribution in [0.15, 0.2) is 84.0 Å². The molecule has 0 aliphatic carbocycles. The Kier molecular flexibility index (Phi) is 4.38. The van der Waals surface area contributed by atoms with Crippen LogP contribution in [0.1, 0.15) is 0 Å². The highest BCUT2D eigenvalue weighted by Gasteiger charge is 2.20. The fourth-order valence-electron chi connectivity index (χ4n) is 3.16. The number of imidazole rings is 1. The fraction of sp³-hybridized carbons (Fsp3) is 0. The molecule has 0 aliphatic heterocycles. The molecule has 0 radical (unpaired) electrons. The lowest BCUT2D eigenvalue weighted by Crippen LogP contribution is -2.16. The largest absolute Gasteiger partial charge is 0.280 e. The van der Waals surface area contributed by atoms with Crippen LogP contribution in [0.5, 0.6) is 0 Å². The van der Waals surface area contributed by atoms with Gasteiger partial charge < -0.3 is 0 Å². The predicted octanol–water partition coefficient (Wildman–Crippen LogP) is 4.42. The molecule has 0 saturated heterocycles. The van der Waals surface area contributed by atoms with Crippen molar-refractivity contribution in [3.05, 3.63) is 84.1 Å². The van der Waals surface area contributed by atoms with E-state index in [4.69, 9.17) is 11.6 Å². The topological polar surface area (TPSA) is 89.8 Å². The molecule has 0 bridgehead atoms. The Balaban J connectivity index is 1.71. The van der Waals surface area contributed by atoms with Crippen LogP contribution < -0.4 is 4.72 Å². The number of hydrogen-bond acceptors (Lipinski definition) is 5. The maximum absolute atomic E-state index is 13.0. The molecule has 0 unspecified atom stereocenters. The third-order valence-corrected chi connectivity index (χ3v) is 6.20. The lowest BCUT2D eigenvalue weighted by Gasteiger charge is -2.13. The zero-order valence-electron chi connectivity index (χ0n) is 15.4. The zero-order valence-corrected chi connectivity index (χ0v) is 17.0. The summed E-state index contributed by atoms with van der Waals surface area (Å²) >= 11 is 5.89. The van der Waals surface area contributed by atoms with E-state index in [0.29, 0.717) is 21.9 Å². The van der Waals surface area contributed by atoms with Gasteiger partial charge in [0.2, 0.25) is 0 Å². The summed E-state index contributed by atoms with van der Waals surface area (Å²) in [5.41, 5.74) is 2.76. The molecular formula is C21H14ClN5O2S. The van der Waals surface area contributed by atoms with E-state index in [0.717, 1.165) is 11.0 Å². The maximum atomic E-state index is 13.0. The molecule has 0 saturated carbocycles. The summed E-state index contributed by atoms with van der Waals surface area (Å²) in [5, 5.41) is 0.449. The molecular weight excluding hydrogens is 422 g/mol. The first-order valence-corrected chi connectivity index (χ1v) is 10.8. The van der Waals surface area contributed by atoms with Gasteiger partial charge in [0.05, 0.1) is 27.0 Å². The fourth-order valence-corrected chi connectivity index (χ4v) is 4.28. The average molecular weight is 436 g/mol. The summed E-state index contributed by atoms with van der Waals surface area (Å²) < 4.78 is 30.3. The van der Waals surface area contributed by atoms with Crippen LogP contribution in [-0.4, -0.2) is 27.9 Å². The van der Waals surface area contributed by atoms with Gasteiger partial charge in [0.15, 0.2) is 11.6 Å². The van der Waals surface area contributed by atoms with Crippen LogP contribution in [0.25, 0.3) is 27.9 Å². The van der Waals surface area contributed by atoms with Crippen LogP contribution in [0.3, 0.4) is 0 Å². The van der Waals surface area contributed by atoms with Crippen LogP contribution >= 0.6 is 11.6 Å². The van der Waals surface area contributed by atoms with E-state index in [2.05, 4.69) is 19.7 Å². The van der Waals surface area contributed by atoms with E-state index in [1.807, 2.05) is 42.5 Å². The van der Waals surface area contributed by atoms with E-state index in [1.54, 1.807) is 17.0 Å². The second kappa shape index (κ2) is 7.08. The summed E-state index contributed by atoms with van der Waals surface area (Å²) in [4.78, 5) is 13.7. The maximum Gasteiger partial charge on any atom is 0.263 e. The lowest BCUT2D eigenvalue weighted by atomic mass is 10.3. The molecule has 5 aromatic rings. The number of aromatic nitrogens is 4. The summed E-state index contributed by atoms with van der Waals surface area (Å²) in [5.74, 6) is 0.437. The van der Waals surface area contributed by atoms with Gasteiger partial charge in [-0.05, 0) is 48.5 Å². The van der Waals surface area contributed by atoms with Crippen molar-refractivity contribution in [1.29, 1.82) is 0 Å². The number of fused-ring (bicyclic) bond motifs is 2. The van der Waals surface area contributed by atoms with E-state index >= 15 is 0 Å². The minimum Gasteiger partial charge on any atom is -0.280 e. The standard InChI is InChI=1S/C21H14ClN5O2S/c22-14-9-11-15(12-10-14)30(28,29)26-20-21(25-17-6-2-1-5-16(17)24-20)27-13-23-18-7-3-4-8-19(18)27/h1-13H,(H,24,26). The molecule has 30 heavy (non-hydrogen) atoms. The monoisotopic (exact) mass is 435 g/mol. The zero-order chi connectivity index (χ0) is 20.7. The molecule has 0 fully saturated rings. The first kappa shape index (κ1) is 18.5. The Morgan fingerprint density at radius 2 is 1.43 bits per heavy atom. The van der Waals surface area contributed by atoms with Crippen molar-refractivity contribution in [2.45, 2.75) is 4.90 Å². The quantitative estimate of drug-likeness (QED) is 0.451. The Morgan fingerprint density at radius 1 is 0.800 bits per heavy atom. The van der Waals surface area contributed by atoms with Crippen molar-refractivity contribution >= 4 is 49.5 Å². The third kappa shape index (κ3) is 3.26. The van der Waals surface area contributed by atoms with Crippen LogP contribution in [-0.2, 0) is 10.0 Å². The number of halogens is 1. The van der Waals surface area contributed by atoms with E-state index in [-0.39, 0.29) is 10.7 Å². The predicted molar refractivity (Wildman–Crippen MR) is 116 cm³/mol. The van der Waals surface area contributed by atoms with E-state index in [9.17, 15) is 8.42 Å². The van der Waals surface area contributed by atoms with Gasteiger partial charge in [0.1, 0.15) is 6.33 Å². The molecule has 0 spiro atoms. The van der Waals surface area contributed by atoms with Gasteiger partial charge in [-0.2, -0.15) is 0 Å². The Morgan fingerprint density at radius 3 is 2.17 bits per heavy atom. The average Bonchev–Trinajstić information content (AvgIpc) is 3.17. The second-order valence-corrected chi connectivity index (χ2v) is 8.67. The van der Waals surface area contributed by atoms with Gasteiger partial charge in [-0.1, -0.05) is 35.9 Å². The molecule has 0 amide bonds. The Labute approximate surface area is 177 Å². The van der Waals surface area contributed by atoms with Gasteiger partial charge in [-0.25, -0.2) is 23.4 Å². The minimum atomic E-state index is -3.91. The summed E-state index contributed by atoms with van der Waals surface area (Å²) in [6.45, 7) is 0. The van der Waals surface area contributed by atoms with Crippen molar-refractivity contribution in [2.24, 2.45) is 0 Å². The lowest BCUT2D eigenvalue weighted by molar-refractivity contribution is 0.601. The van der Waals surface area contributed by atoms with Gasteiger partial charge in [-0.3, -0.25) is 9.29 Å². The molecule has 9 heteroatoms. The molecule has 5 rings (SSSR count). The van der Waals surface area contributed by atoms with Crippen molar-refractivity contribution in [3.8, 4) is 5.82 Å². The molecule has 3 aromatic carbocycles. The number of nitrogens with zero attached hydrogens (tertiary/aromatic N) is 4. The first-order chi connectivity index (χ1) is 14.5. The Hall–Kier alpha value is -3.49.